The second-order valence-electron chi connectivity index (χ2n) is 5.40. The smallest absolute Gasteiger partial charge is 0.0345 e. The first kappa shape index (κ1) is 15.6. The van der Waals surface area contributed by atoms with Crippen molar-refractivity contribution in [1.29, 1.82) is 0 Å². The van der Waals surface area contributed by atoms with Crippen LogP contribution in [0.4, 0.5) is 5.69 Å². The van der Waals surface area contributed by atoms with E-state index in [0.29, 0.717) is 0 Å². The van der Waals surface area contributed by atoms with Gasteiger partial charge < -0.3 is 5.32 Å². The molecule has 0 aliphatic rings. The minimum atomic E-state index is 0.236. The van der Waals surface area contributed by atoms with Crippen LogP contribution in [0.5, 0.6) is 0 Å². The van der Waals surface area contributed by atoms with Crippen LogP contribution in [0.15, 0.2) is 28.7 Å². The average Bonchev–Trinajstić information content (AvgIpc) is 2.37. The first-order valence-corrected chi connectivity index (χ1v) is 7.92. The third kappa shape index (κ3) is 5.43. The molecule has 0 bridgehead atoms. The fourth-order valence-electron chi connectivity index (χ4n) is 2.27. The van der Waals surface area contributed by atoms with Crippen molar-refractivity contribution in [2.24, 2.45) is 0 Å². The molecule has 1 N–H and O–H groups in total. The molecule has 1 aromatic carbocycles. The molecule has 0 aliphatic heterocycles. The van der Waals surface area contributed by atoms with Crippen LogP contribution in [0.3, 0.4) is 0 Å². The summed E-state index contributed by atoms with van der Waals surface area (Å²) in [6, 6.07) is 8.51. The fourth-order valence-corrected chi connectivity index (χ4v) is 2.53. The Kier molecular flexibility index (Phi) is 6.77. The van der Waals surface area contributed by atoms with E-state index in [1.54, 1.807) is 0 Å². The summed E-state index contributed by atoms with van der Waals surface area (Å²) in [5.74, 6) is 0. The molecule has 2 heteroatoms. The molecule has 0 amide bonds. The minimum absolute atomic E-state index is 0.236. The SMILES string of the molecule is CCCCC(C)(CCCC)Nc1ccc(Br)cc1. The van der Waals surface area contributed by atoms with Crippen LogP contribution < -0.4 is 5.32 Å². The maximum Gasteiger partial charge on any atom is 0.0345 e. The summed E-state index contributed by atoms with van der Waals surface area (Å²) in [5, 5.41) is 3.73. The van der Waals surface area contributed by atoms with Crippen LogP contribution in [-0.2, 0) is 0 Å². The largest absolute Gasteiger partial charge is 0.380 e. The third-order valence-electron chi connectivity index (χ3n) is 3.45. The van der Waals surface area contributed by atoms with E-state index in [4.69, 9.17) is 0 Å². The molecule has 0 heterocycles. The summed E-state index contributed by atoms with van der Waals surface area (Å²) in [6.45, 7) is 6.89. The molecule has 0 saturated heterocycles. The van der Waals surface area contributed by atoms with E-state index >= 15 is 0 Å². The van der Waals surface area contributed by atoms with Crippen molar-refractivity contribution in [2.45, 2.75) is 64.8 Å². The zero-order chi connectivity index (χ0) is 13.4. The van der Waals surface area contributed by atoms with Crippen LogP contribution in [0.25, 0.3) is 0 Å². The molecular formula is C16H26BrN. The molecule has 0 saturated carbocycles. The number of rotatable bonds is 8. The predicted octanol–water partition coefficient (Wildman–Crippen LogP) is 6.00. The first-order chi connectivity index (χ1) is 8.59. The normalized spacial score (nSPS) is 11.6. The molecule has 0 spiro atoms. The van der Waals surface area contributed by atoms with E-state index in [-0.39, 0.29) is 5.54 Å². The molecule has 0 aliphatic carbocycles. The van der Waals surface area contributed by atoms with Gasteiger partial charge in [0.25, 0.3) is 0 Å². The van der Waals surface area contributed by atoms with Gasteiger partial charge in [-0.2, -0.15) is 0 Å². The Bertz CT molecular complexity index is 323. The Balaban J connectivity index is 2.67. The van der Waals surface area contributed by atoms with Crippen molar-refractivity contribution in [3.05, 3.63) is 28.7 Å². The van der Waals surface area contributed by atoms with Gasteiger partial charge in [-0.3, -0.25) is 0 Å². The molecule has 1 nitrogen and oxygen atoms in total. The van der Waals surface area contributed by atoms with Crippen molar-refractivity contribution in [3.8, 4) is 0 Å². The molecule has 1 aromatic rings. The zero-order valence-electron chi connectivity index (χ0n) is 11.9. The average molecular weight is 312 g/mol. The molecule has 102 valence electrons. The number of hydrogen-bond donors (Lipinski definition) is 1. The summed E-state index contributed by atoms with van der Waals surface area (Å²) in [7, 11) is 0. The molecule has 0 fully saturated rings. The Morgan fingerprint density at radius 3 is 1.94 bits per heavy atom. The van der Waals surface area contributed by atoms with E-state index in [1.807, 2.05) is 0 Å². The van der Waals surface area contributed by atoms with E-state index < -0.39 is 0 Å². The Morgan fingerprint density at radius 1 is 1.00 bits per heavy atom. The number of anilines is 1. The Labute approximate surface area is 120 Å². The van der Waals surface area contributed by atoms with Crippen LogP contribution in [-0.4, -0.2) is 5.54 Å². The summed E-state index contributed by atoms with van der Waals surface area (Å²) < 4.78 is 1.14. The lowest BCUT2D eigenvalue weighted by atomic mass is 9.89. The Hall–Kier alpha value is -0.500. The maximum atomic E-state index is 3.73. The minimum Gasteiger partial charge on any atom is -0.380 e. The molecule has 0 atom stereocenters. The standard InChI is InChI=1S/C16H26BrN/c1-4-6-12-16(3,13-7-5-2)18-15-10-8-14(17)9-11-15/h8-11,18H,4-7,12-13H2,1-3H3. The zero-order valence-corrected chi connectivity index (χ0v) is 13.5. The first-order valence-electron chi connectivity index (χ1n) is 7.13. The van der Waals surface area contributed by atoms with Crippen LogP contribution in [0, 0.1) is 0 Å². The number of benzene rings is 1. The highest BCUT2D eigenvalue weighted by Crippen LogP contribution is 2.27. The summed E-state index contributed by atoms with van der Waals surface area (Å²) in [6.07, 6.45) is 7.63. The lowest BCUT2D eigenvalue weighted by Crippen LogP contribution is -2.34. The third-order valence-corrected chi connectivity index (χ3v) is 3.98. The molecule has 1 rings (SSSR count). The van der Waals surface area contributed by atoms with Gasteiger partial charge in [0.1, 0.15) is 0 Å². The van der Waals surface area contributed by atoms with Gasteiger partial charge in [0, 0.05) is 15.7 Å². The number of halogens is 1. The van der Waals surface area contributed by atoms with Gasteiger partial charge in [0.05, 0.1) is 0 Å². The molecule has 0 aromatic heterocycles. The Morgan fingerprint density at radius 2 is 1.50 bits per heavy atom. The van der Waals surface area contributed by atoms with Crippen LogP contribution in [0.2, 0.25) is 0 Å². The maximum absolute atomic E-state index is 3.73. The van der Waals surface area contributed by atoms with Crippen molar-refractivity contribution in [3.63, 3.8) is 0 Å². The highest BCUT2D eigenvalue weighted by atomic mass is 79.9. The van der Waals surface area contributed by atoms with Gasteiger partial charge in [-0.25, -0.2) is 0 Å². The van der Waals surface area contributed by atoms with Crippen molar-refractivity contribution >= 4 is 21.6 Å². The monoisotopic (exact) mass is 311 g/mol. The van der Waals surface area contributed by atoms with Crippen LogP contribution >= 0.6 is 15.9 Å². The number of hydrogen-bond acceptors (Lipinski definition) is 1. The van der Waals surface area contributed by atoms with Gasteiger partial charge in [-0.05, 0) is 44.0 Å². The van der Waals surface area contributed by atoms with E-state index in [2.05, 4.69) is 66.3 Å². The van der Waals surface area contributed by atoms with Gasteiger partial charge >= 0.3 is 0 Å². The second kappa shape index (κ2) is 7.83. The lowest BCUT2D eigenvalue weighted by Gasteiger charge is -2.32. The molecule has 0 unspecified atom stereocenters. The quantitative estimate of drug-likeness (QED) is 0.620. The van der Waals surface area contributed by atoms with Crippen molar-refractivity contribution in [2.75, 3.05) is 5.32 Å². The van der Waals surface area contributed by atoms with Gasteiger partial charge in [-0.15, -0.1) is 0 Å². The van der Waals surface area contributed by atoms with Crippen LogP contribution in [0.1, 0.15) is 59.3 Å². The van der Waals surface area contributed by atoms with Gasteiger partial charge in [-0.1, -0.05) is 55.5 Å². The van der Waals surface area contributed by atoms with E-state index in [0.717, 1.165) is 4.47 Å². The predicted molar refractivity (Wildman–Crippen MR) is 85.2 cm³/mol. The highest BCUT2D eigenvalue weighted by molar-refractivity contribution is 9.10. The highest BCUT2D eigenvalue weighted by Gasteiger charge is 2.22. The van der Waals surface area contributed by atoms with Gasteiger partial charge in [0.15, 0.2) is 0 Å². The molecule has 18 heavy (non-hydrogen) atoms. The molecular weight excluding hydrogens is 286 g/mol. The van der Waals surface area contributed by atoms with E-state index in [9.17, 15) is 0 Å². The summed E-state index contributed by atoms with van der Waals surface area (Å²) >= 11 is 3.48. The van der Waals surface area contributed by atoms with Crippen molar-refractivity contribution < 1.29 is 0 Å². The summed E-state index contributed by atoms with van der Waals surface area (Å²) in [4.78, 5) is 0. The number of nitrogens with one attached hydrogen (secondary N) is 1. The lowest BCUT2D eigenvalue weighted by molar-refractivity contribution is 0.408. The van der Waals surface area contributed by atoms with E-state index in [1.165, 1.54) is 44.2 Å². The summed E-state index contributed by atoms with van der Waals surface area (Å²) in [5.41, 5.74) is 1.47. The number of unbranched alkanes of at least 4 members (excludes halogenated alkanes) is 2. The fraction of sp³-hybridized carbons (Fsp3) is 0.625. The van der Waals surface area contributed by atoms with Gasteiger partial charge in [0.2, 0.25) is 0 Å². The second-order valence-corrected chi connectivity index (χ2v) is 6.32. The topological polar surface area (TPSA) is 12.0 Å². The molecule has 0 radical (unpaired) electrons. The van der Waals surface area contributed by atoms with Crippen molar-refractivity contribution in [1.82, 2.24) is 0 Å².